The summed E-state index contributed by atoms with van der Waals surface area (Å²) >= 11 is 4.93. The molecule has 1 aliphatic heterocycles. The van der Waals surface area contributed by atoms with Crippen LogP contribution >= 0.6 is 45.2 Å². The minimum Gasteiger partial charge on any atom is -0.407 e. The van der Waals surface area contributed by atoms with Crippen LogP contribution in [-0.2, 0) is 9.16 Å². The molecule has 2 nitrogen and oxygen atoms in total. The molecule has 4 atom stereocenters. The first kappa shape index (κ1) is 23.7. The molecule has 0 aromatic heterocycles. The molecule has 3 rings (SSSR count). The van der Waals surface area contributed by atoms with Gasteiger partial charge in [-0.25, -0.2) is 0 Å². The van der Waals surface area contributed by atoms with Crippen LogP contribution < -0.4 is 10.4 Å². The molecule has 0 amide bonds. The third-order valence-electron chi connectivity index (χ3n) is 6.30. The van der Waals surface area contributed by atoms with Crippen molar-refractivity contribution in [2.45, 2.75) is 44.9 Å². The first-order valence-electron chi connectivity index (χ1n) is 10.4. The summed E-state index contributed by atoms with van der Waals surface area (Å²) in [5, 5.41) is 2.71. The highest BCUT2D eigenvalue weighted by atomic mass is 127. The zero-order valence-corrected chi connectivity index (χ0v) is 23.1. The number of benzene rings is 2. The maximum Gasteiger partial charge on any atom is 0.261 e. The molecular formula is C24H32I2O2Si. The summed E-state index contributed by atoms with van der Waals surface area (Å²) < 4.78 is 15.6. The molecular weight excluding hydrogens is 602 g/mol. The minimum atomic E-state index is -2.48. The lowest BCUT2D eigenvalue weighted by molar-refractivity contribution is 0.0541. The minimum absolute atomic E-state index is 0.0148. The largest absolute Gasteiger partial charge is 0.407 e. The molecule has 0 spiro atoms. The van der Waals surface area contributed by atoms with Gasteiger partial charge in [-0.2, -0.15) is 0 Å². The quantitative estimate of drug-likeness (QED) is 0.229. The van der Waals surface area contributed by atoms with E-state index in [1.54, 1.807) is 0 Å². The number of alkyl halides is 2. The van der Waals surface area contributed by atoms with Crippen LogP contribution in [0.1, 0.15) is 27.7 Å². The fraction of sp³-hybridized carbons (Fsp3) is 0.500. The van der Waals surface area contributed by atoms with Crippen LogP contribution in [0.5, 0.6) is 0 Å². The van der Waals surface area contributed by atoms with Crippen molar-refractivity contribution < 1.29 is 9.16 Å². The highest BCUT2D eigenvalue weighted by molar-refractivity contribution is 14.1. The normalized spacial score (nSPS) is 25.3. The molecule has 0 bridgehead atoms. The van der Waals surface area contributed by atoms with Gasteiger partial charge in [-0.15, -0.1) is 0 Å². The molecule has 5 heteroatoms. The smallest absolute Gasteiger partial charge is 0.261 e. The SMILES string of the molecule is C[C@H]1[C@@H](CO[Si](c2ccccc2)(c2ccccc2)C(C)(C)C)[C@H](CI)O[C@@H]1CI. The van der Waals surface area contributed by atoms with E-state index in [2.05, 4.69) is 134 Å². The third kappa shape index (κ3) is 4.78. The third-order valence-corrected chi connectivity index (χ3v) is 13.0. The average molecular weight is 634 g/mol. The van der Waals surface area contributed by atoms with Gasteiger partial charge in [0.05, 0.1) is 12.2 Å². The number of hydrogen-bond donors (Lipinski definition) is 0. The molecule has 158 valence electrons. The van der Waals surface area contributed by atoms with Gasteiger partial charge in [-0.3, -0.25) is 0 Å². The molecule has 1 aliphatic rings. The monoisotopic (exact) mass is 634 g/mol. The number of hydrogen-bond acceptors (Lipinski definition) is 2. The Bertz CT molecular complexity index is 722. The summed E-state index contributed by atoms with van der Waals surface area (Å²) in [5.74, 6) is 0.957. The van der Waals surface area contributed by atoms with Crippen LogP contribution in [0.4, 0.5) is 0 Å². The van der Waals surface area contributed by atoms with Crippen molar-refractivity contribution >= 4 is 63.9 Å². The first-order valence-corrected chi connectivity index (χ1v) is 15.3. The highest BCUT2D eigenvalue weighted by Gasteiger charge is 2.51. The Labute approximate surface area is 204 Å². The topological polar surface area (TPSA) is 18.5 Å². The summed E-state index contributed by atoms with van der Waals surface area (Å²) in [4.78, 5) is 0. The molecule has 0 radical (unpaired) electrons. The molecule has 0 aliphatic carbocycles. The van der Waals surface area contributed by atoms with Crippen molar-refractivity contribution in [3.8, 4) is 0 Å². The van der Waals surface area contributed by atoms with Gasteiger partial charge in [0.1, 0.15) is 0 Å². The molecule has 29 heavy (non-hydrogen) atoms. The van der Waals surface area contributed by atoms with Gasteiger partial charge in [0.15, 0.2) is 0 Å². The number of halogens is 2. The van der Waals surface area contributed by atoms with E-state index in [9.17, 15) is 0 Å². The summed E-state index contributed by atoms with van der Waals surface area (Å²) in [6.45, 7) is 10.1. The second kappa shape index (κ2) is 10.1. The second-order valence-electron chi connectivity index (χ2n) is 9.02. The van der Waals surface area contributed by atoms with E-state index >= 15 is 0 Å². The van der Waals surface area contributed by atoms with E-state index in [1.807, 2.05) is 0 Å². The predicted molar refractivity (Wildman–Crippen MR) is 143 cm³/mol. The van der Waals surface area contributed by atoms with E-state index in [4.69, 9.17) is 9.16 Å². The summed E-state index contributed by atoms with van der Waals surface area (Å²) in [6, 6.07) is 21.9. The van der Waals surface area contributed by atoms with Crippen LogP contribution in [0.25, 0.3) is 0 Å². The maximum absolute atomic E-state index is 7.20. The molecule has 2 aromatic carbocycles. The Balaban J connectivity index is 2.02. The molecule has 2 aromatic rings. The van der Waals surface area contributed by atoms with Gasteiger partial charge < -0.3 is 9.16 Å². The Morgan fingerprint density at radius 3 is 1.76 bits per heavy atom. The van der Waals surface area contributed by atoms with Crippen LogP contribution in [0.3, 0.4) is 0 Å². The van der Waals surface area contributed by atoms with Gasteiger partial charge >= 0.3 is 0 Å². The summed E-state index contributed by atoms with van der Waals surface area (Å²) in [6.07, 6.45) is 0.617. The van der Waals surface area contributed by atoms with Gasteiger partial charge in [0, 0.05) is 21.4 Å². The van der Waals surface area contributed by atoms with Gasteiger partial charge in [0.25, 0.3) is 8.32 Å². The number of rotatable bonds is 7. The van der Waals surface area contributed by atoms with Gasteiger partial charge in [0.2, 0.25) is 0 Å². The Hall–Kier alpha value is 0.0369. The predicted octanol–water partition coefficient (Wildman–Crippen LogP) is 5.45. The lowest BCUT2D eigenvalue weighted by Crippen LogP contribution is -2.67. The maximum atomic E-state index is 7.20. The fourth-order valence-corrected chi connectivity index (χ4v) is 11.1. The molecule has 1 fully saturated rings. The van der Waals surface area contributed by atoms with Crippen molar-refractivity contribution in [1.29, 1.82) is 0 Å². The second-order valence-corrected chi connectivity index (χ2v) is 15.1. The van der Waals surface area contributed by atoms with Crippen LogP contribution in [0.15, 0.2) is 60.7 Å². The van der Waals surface area contributed by atoms with Crippen molar-refractivity contribution in [2.24, 2.45) is 11.8 Å². The van der Waals surface area contributed by atoms with E-state index in [-0.39, 0.29) is 11.1 Å². The summed E-state index contributed by atoms with van der Waals surface area (Å²) in [5.41, 5.74) is 0. The summed E-state index contributed by atoms with van der Waals surface area (Å²) in [7, 11) is -2.48. The van der Waals surface area contributed by atoms with Crippen LogP contribution in [-0.4, -0.2) is 36.0 Å². The molecule has 0 saturated carbocycles. The first-order chi connectivity index (χ1) is 13.8. The van der Waals surface area contributed by atoms with E-state index in [0.29, 0.717) is 17.9 Å². The van der Waals surface area contributed by atoms with Gasteiger partial charge in [-0.1, -0.05) is 134 Å². The van der Waals surface area contributed by atoms with Gasteiger partial charge in [-0.05, 0) is 21.3 Å². The zero-order valence-electron chi connectivity index (χ0n) is 17.8. The lowest BCUT2D eigenvalue weighted by Gasteiger charge is -2.44. The van der Waals surface area contributed by atoms with Crippen molar-refractivity contribution in [3.05, 3.63) is 60.7 Å². The number of ether oxygens (including phenoxy) is 1. The zero-order chi connectivity index (χ0) is 21.1. The highest BCUT2D eigenvalue weighted by Crippen LogP contribution is 2.40. The lowest BCUT2D eigenvalue weighted by atomic mass is 9.90. The fourth-order valence-electron chi connectivity index (χ4n) is 4.63. The van der Waals surface area contributed by atoms with E-state index in [1.165, 1.54) is 10.4 Å². The van der Waals surface area contributed by atoms with E-state index in [0.717, 1.165) is 15.5 Å². The van der Waals surface area contributed by atoms with Crippen LogP contribution in [0.2, 0.25) is 5.04 Å². The molecule has 1 saturated heterocycles. The van der Waals surface area contributed by atoms with Crippen molar-refractivity contribution in [2.75, 3.05) is 15.5 Å². The molecule has 0 N–H and O–H groups in total. The van der Waals surface area contributed by atoms with Crippen molar-refractivity contribution in [1.82, 2.24) is 0 Å². The Morgan fingerprint density at radius 1 is 0.862 bits per heavy atom. The molecule has 0 unspecified atom stereocenters. The van der Waals surface area contributed by atoms with Crippen LogP contribution in [0, 0.1) is 11.8 Å². The van der Waals surface area contributed by atoms with E-state index < -0.39 is 8.32 Å². The van der Waals surface area contributed by atoms with Crippen molar-refractivity contribution in [3.63, 3.8) is 0 Å². The standard InChI is InChI=1S/C24H32I2O2Si/c1-18-21(23(16-26)28-22(18)15-25)17-27-29(24(2,3)4,19-11-7-5-8-12-19)20-13-9-6-10-14-20/h5-14,18,21-23H,15-17H2,1-4H3/t18-,21+,22+,23-/m0/s1. The average Bonchev–Trinajstić information content (AvgIpc) is 3.04. The molecule has 1 heterocycles. The Morgan fingerprint density at radius 2 is 1.34 bits per heavy atom. The Kier molecular flexibility index (Phi) is 8.26.